The second-order valence-electron chi connectivity index (χ2n) is 5.00. The van der Waals surface area contributed by atoms with Gasteiger partial charge in [-0.2, -0.15) is 0 Å². The van der Waals surface area contributed by atoms with Crippen molar-refractivity contribution >= 4 is 29.2 Å². The molecule has 1 nitrogen and oxygen atoms in total. The number of aliphatic imine (C=N–C) groups is 1. The van der Waals surface area contributed by atoms with Crippen LogP contribution in [0.2, 0.25) is 0 Å². The zero-order valence-corrected chi connectivity index (χ0v) is 12.8. The van der Waals surface area contributed by atoms with Crippen LogP contribution in [-0.4, -0.2) is 16.7 Å². The molecule has 96 valence electrons. The largest absolute Gasteiger partial charge is 0.285 e. The molecular weight excluding hydrogens is 258 g/mol. The second-order valence-corrected chi connectivity index (χ2v) is 7.85. The van der Waals surface area contributed by atoms with Crippen molar-refractivity contribution < 1.29 is 0 Å². The molecule has 0 amide bonds. The Morgan fingerprint density at radius 1 is 1.28 bits per heavy atom. The topological polar surface area (TPSA) is 12.4 Å². The van der Waals surface area contributed by atoms with Crippen LogP contribution in [-0.2, 0) is 6.54 Å². The van der Waals surface area contributed by atoms with Crippen LogP contribution in [0.1, 0.15) is 25.8 Å². The lowest BCUT2D eigenvalue weighted by Gasteiger charge is -2.29. The van der Waals surface area contributed by atoms with E-state index in [-0.39, 0.29) is 4.75 Å². The number of rotatable bonds is 3. The molecule has 3 heteroatoms. The number of benzene rings is 1. The molecule has 0 N–H and O–H groups in total. The highest BCUT2D eigenvalue weighted by Crippen LogP contribution is 2.43. The van der Waals surface area contributed by atoms with E-state index in [4.69, 9.17) is 4.99 Å². The minimum Gasteiger partial charge on any atom is -0.285 e. The van der Waals surface area contributed by atoms with Gasteiger partial charge in [0.15, 0.2) is 0 Å². The highest BCUT2D eigenvalue weighted by molar-refractivity contribution is 8.22. The molecule has 2 rings (SSSR count). The molecule has 0 saturated heterocycles. The summed E-state index contributed by atoms with van der Waals surface area (Å²) in [5.74, 6) is 0. The fourth-order valence-electron chi connectivity index (χ4n) is 1.94. The maximum atomic E-state index is 4.76. The van der Waals surface area contributed by atoms with Crippen LogP contribution in [0.5, 0.6) is 0 Å². The lowest BCUT2D eigenvalue weighted by molar-refractivity contribution is 0.746. The van der Waals surface area contributed by atoms with Crippen LogP contribution in [0.3, 0.4) is 0 Å². The molecule has 0 spiro atoms. The van der Waals surface area contributed by atoms with E-state index in [1.165, 1.54) is 15.5 Å². The third-order valence-electron chi connectivity index (χ3n) is 2.78. The van der Waals surface area contributed by atoms with E-state index >= 15 is 0 Å². The first-order chi connectivity index (χ1) is 8.59. The molecule has 0 fully saturated rings. The van der Waals surface area contributed by atoms with Crippen molar-refractivity contribution in [2.75, 3.05) is 6.26 Å². The van der Waals surface area contributed by atoms with Crippen molar-refractivity contribution in [3.8, 4) is 0 Å². The van der Waals surface area contributed by atoms with E-state index in [1.54, 1.807) is 0 Å². The first kappa shape index (κ1) is 13.8. The monoisotopic (exact) mass is 277 g/mol. The second kappa shape index (κ2) is 5.98. The van der Waals surface area contributed by atoms with E-state index in [0.717, 1.165) is 13.0 Å². The Labute approximate surface area is 118 Å². The number of allylic oxidation sites excluding steroid dienone is 1. The predicted molar refractivity (Wildman–Crippen MR) is 85.5 cm³/mol. The fourth-order valence-corrected chi connectivity index (χ4v) is 4.16. The molecule has 0 bridgehead atoms. The van der Waals surface area contributed by atoms with E-state index < -0.39 is 0 Å². The highest BCUT2D eigenvalue weighted by Gasteiger charge is 2.26. The van der Waals surface area contributed by atoms with Gasteiger partial charge in [0.1, 0.15) is 0 Å². The first-order valence-corrected chi connectivity index (χ1v) is 8.15. The maximum Gasteiger partial charge on any atom is 0.0643 e. The van der Waals surface area contributed by atoms with Gasteiger partial charge in [0.2, 0.25) is 0 Å². The van der Waals surface area contributed by atoms with Gasteiger partial charge in [-0.15, -0.1) is 23.5 Å². The standard InChI is InChI=1S/C15H19NS2/c1-15(2)10-13(9-14(17-3)18-15)16-11-12-7-5-4-6-8-12/h4-9H,10-11H2,1-3H3. The van der Waals surface area contributed by atoms with Gasteiger partial charge in [0.25, 0.3) is 0 Å². The number of hydrogen-bond acceptors (Lipinski definition) is 3. The molecule has 0 atom stereocenters. The molecule has 1 aromatic rings. The summed E-state index contributed by atoms with van der Waals surface area (Å²) >= 11 is 3.77. The van der Waals surface area contributed by atoms with Crippen molar-refractivity contribution in [2.24, 2.45) is 4.99 Å². The summed E-state index contributed by atoms with van der Waals surface area (Å²) in [6.07, 6.45) is 5.42. The Morgan fingerprint density at radius 3 is 2.67 bits per heavy atom. The molecule has 0 unspecified atom stereocenters. The van der Waals surface area contributed by atoms with E-state index in [2.05, 4.69) is 50.4 Å². The van der Waals surface area contributed by atoms with Crippen molar-refractivity contribution in [1.29, 1.82) is 0 Å². The van der Waals surface area contributed by atoms with Gasteiger partial charge in [-0.25, -0.2) is 0 Å². The number of nitrogens with zero attached hydrogens (tertiary/aromatic N) is 1. The van der Waals surface area contributed by atoms with Crippen LogP contribution in [0.4, 0.5) is 0 Å². The average molecular weight is 277 g/mol. The zero-order valence-electron chi connectivity index (χ0n) is 11.1. The van der Waals surface area contributed by atoms with Gasteiger partial charge in [-0.3, -0.25) is 4.99 Å². The number of thioether (sulfide) groups is 2. The highest BCUT2D eigenvalue weighted by atomic mass is 32.2. The van der Waals surface area contributed by atoms with Gasteiger partial charge < -0.3 is 0 Å². The van der Waals surface area contributed by atoms with Crippen molar-refractivity contribution in [1.82, 2.24) is 0 Å². The summed E-state index contributed by atoms with van der Waals surface area (Å²) < 4.78 is 1.64. The molecule has 1 aromatic carbocycles. The molecule has 0 saturated carbocycles. The zero-order chi connectivity index (χ0) is 13.0. The Kier molecular flexibility index (Phi) is 4.57. The first-order valence-electron chi connectivity index (χ1n) is 6.11. The summed E-state index contributed by atoms with van der Waals surface area (Å²) in [6.45, 7) is 5.37. The number of hydrogen-bond donors (Lipinski definition) is 0. The molecule has 0 aliphatic carbocycles. The summed E-state index contributed by atoms with van der Waals surface area (Å²) in [6, 6.07) is 10.4. The molecule has 1 heterocycles. The van der Waals surface area contributed by atoms with E-state index in [0.29, 0.717) is 0 Å². The van der Waals surface area contributed by atoms with Gasteiger partial charge in [0.05, 0.1) is 6.54 Å². The van der Waals surface area contributed by atoms with E-state index in [9.17, 15) is 0 Å². The van der Waals surface area contributed by atoms with Gasteiger partial charge in [-0.05, 0) is 31.7 Å². The molecule has 0 radical (unpaired) electrons. The third kappa shape index (κ3) is 3.92. The van der Waals surface area contributed by atoms with Crippen LogP contribution in [0, 0.1) is 0 Å². The van der Waals surface area contributed by atoms with E-state index in [1.807, 2.05) is 29.6 Å². The Balaban J connectivity index is 2.12. The molecule has 18 heavy (non-hydrogen) atoms. The van der Waals surface area contributed by atoms with Crippen molar-refractivity contribution in [2.45, 2.75) is 31.6 Å². The van der Waals surface area contributed by atoms with Gasteiger partial charge >= 0.3 is 0 Å². The predicted octanol–water partition coefficient (Wildman–Crippen LogP) is 4.75. The molecule has 1 aliphatic heterocycles. The summed E-state index contributed by atoms with van der Waals surface area (Å²) in [5, 5.41) is 0. The molecule has 1 aliphatic rings. The SMILES string of the molecule is CSC1=CC(=NCc2ccccc2)CC(C)(C)S1. The Morgan fingerprint density at radius 2 is 2.00 bits per heavy atom. The maximum absolute atomic E-state index is 4.76. The average Bonchev–Trinajstić information content (AvgIpc) is 2.36. The summed E-state index contributed by atoms with van der Waals surface area (Å²) in [7, 11) is 0. The van der Waals surface area contributed by atoms with Crippen LogP contribution in [0.15, 0.2) is 45.6 Å². The van der Waals surface area contributed by atoms with Crippen LogP contribution < -0.4 is 0 Å². The fraction of sp³-hybridized carbons (Fsp3) is 0.400. The molecular formula is C15H19NS2. The third-order valence-corrected chi connectivity index (χ3v) is 5.06. The Hall–Kier alpha value is -0.670. The lowest BCUT2D eigenvalue weighted by Crippen LogP contribution is -2.23. The summed E-state index contributed by atoms with van der Waals surface area (Å²) in [5.41, 5.74) is 2.51. The quantitative estimate of drug-likeness (QED) is 0.790. The van der Waals surface area contributed by atoms with Crippen LogP contribution in [0.25, 0.3) is 0 Å². The molecule has 0 aromatic heterocycles. The lowest BCUT2D eigenvalue weighted by atomic mass is 10.0. The Bertz CT molecular complexity index is 461. The minimum atomic E-state index is 0.266. The summed E-state index contributed by atoms with van der Waals surface area (Å²) in [4.78, 5) is 4.76. The van der Waals surface area contributed by atoms with Crippen molar-refractivity contribution in [3.05, 3.63) is 46.2 Å². The van der Waals surface area contributed by atoms with Crippen LogP contribution >= 0.6 is 23.5 Å². The minimum absolute atomic E-state index is 0.266. The van der Waals surface area contributed by atoms with Crippen molar-refractivity contribution in [3.63, 3.8) is 0 Å². The van der Waals surface area contributed by atoms with Gasteiger partial charge in [-0.1, -0.05) is 30.3 Å². The van der Waals surface area contributed by atoms with Gasteiger partial charge in [0, 0.05) is 21.1 Å². The smallest absolute Gasteiger partial charge is 0.0643 e. The normalized spacial score (nSPS) is 20.8.